The molecule has 0 aromatic rings. The Morgan fingerprint density at radius 1 is 1.40 bits per heavy atom. The van der Waals surface area contributed by atoms with Crippen LogP contribution in [0.1, 0.15) is 0 Å². The smallest absolute Gasteiger partial charge is 0.367 e. The first-order valence-corrected chi connectivity index (χ1v) is 4.26. The zero-order chi connectivity index (χ0) is 7.35. The molecule has 0 aromatic heterocycles. The third-order valence-corrected chi connectivity index (χ3v) is 2.68. The summed E-state index contributed by atoms with van der Waals surface area (Å²) >= 11 is 0. The lowest BCUT2D eigenvalue weighted by atomic mass is 10.4. The van der Waals surface area contributed by atoms with E-state index in [4.69, 9.17) is 4.74 Å². The molecule has 2 heterocycles. The van der Waals surface area contributed by atoms with Crippen molar-refractivity contribution in [2.45, 2.75) is 12.2 Å². The maximum atomic E-state index is 12.1. The third-order valence-electron chi connectivity index (χ3n) is 1.76. The second-order valence-electron chi connectivity index (χ2n) is 2.47. The predicted molar refractivity (Wildman–Crippen MR) is 30.3 cm³/mol. The van der Waals surface area contributed by atoms with Gasteiger partial charge < -0.3 is 4.74 Å². The van der Waals surface area contributed by atoms with Crippen molar-refractivity contribution in [3.8, 4) is 0 Å². The first kappa shape index (κ1) is 6.51. The lowest BCUT2D eigenvalue weighted by molar-refractivity contribution is 0.266. The van der Waals surface area contributed by atoms with Crippen LogP contribution in [0.3, 0.4) is 0 Å². The van der Waals surface area contributed by atoms with Crippen LogP contribution in [0, 0.1) is 0 Å². The molecule has 0 saturated carbocycles. The number of ether oxygens (including phenoxy) is 1. The number of rotatable bonds is 1. The van der Waals surface area contributed by atoms with Crippen molar-refractivity contribution in [1.82, 2.24) is 4.31 Å². The first-order valence-electron chi connectivity index (χ1n) is 2.92. The van der Waals surface area contributed by atoms with Gasteiger partial charge >= 0.3 is 10.4 Å². The van der Waals surface area contributed by atoms with Gasteiger partial charge in [0.25, 0.3) is 0 Å². The van der Waals surface area contributed by atoms with E-state index in [9.17, 15) is 12.3 Å². The van der Waals surface area contributed by atoms with Crippen LogP contribution in [-0.2, 0) is 15.1 Å². The minimum absolute atomic E-state index is 0.0366. The lowest BCUT2D eigenvalue weighted by Crippen LogP contribution is -2.28. The van der Waals surface area contributed by atoms with E-state index in [1.54, 1.807) is 0 Å². The number of hydrogen-bond acceptors (Lipinski definition) is 3. The van der Waals surface area contributed by atoms with Gasteiger partial charge in [-0.2, -0.15) is 12.7 Å². The van der Waals surface area contributed by atoms with Crippen molar-refractivity contribution in [2.24, 2.45) is 0 Å². The van der Waals surface area contributed by atoms with Gasteiger partial charge in [-0.1, -0.05) is 3.89 Å². The second-order valence-corrected chi connectivity index (χ2v) is 3.81. The molecule has 2 unspecified atom stereocenters. The summed E-state index contributed by atoms with van der Waals surface area (Å²) in [6.45, 7) is 0.368. The molecule has 0 radical (unpaired) electrons. The monoisotopic (exact) mass is 167 g/mol. The number of epoxide rings is 1. The van der Waals surface area contributed by atoms with Gasteiger partial charge in [-0.15, -0.1) is 0 Å². The summed E-state index contributed by atoms with van der Waals surface area (Å²) in [5, 5.41) is 0. The molecular formula is C4H6FNO3S. The molecule has 0 N–H and O–H groups in total. The third kappa shape index (κ3) is 0.920. The minimum Gasteiger partial charge on any atom is -0.367 e. The summed E-state index contributed by atoms with van der Waals surface area (Å²) in [7, 11) is -4.45. The molecule has 2 fully saturated rings. The molecule has 2 saturated heterocycles. The van der Waals surface area contributed by atoms with Gasteiger partial charge in [0.1, 0.15) is 0 Å². The Balaban J connectivity index is 2.10. The molecule has 6 heteroatoms. The summed E-state index contributed by atoms with van der Waals surface area (Å²) < 4.78 is 38.2. The quantitative estimate of drug-likeness (QED) is 0.382. The predicted octanol–water partition coefficient (Wildman–Crippen LogP) is -0.716. The summed E-state index contributed by atoms with van der Waals surface area (Å²) in [5.74, 6) is 0. The van der Waals surface area contributed by atoms with Crippen LogP contribution in [0.25, 0.3) is 0 Å². The molecule has 2 aliphatic rings. The van der Waals surface area contributed by atoms with Crippen LogP contribution in [0.2, 0.25) is 0 Å². The van der Waals surface area contributed by atoms with Crippen LogP contribution in [0.15, 0.2) is 0 Å². The molecule has 0 amide bonds. The molecular weight excluding hydrogens is 161 g/mol. The van der Waals surface area contributed by atoms with Crippen LogP contribution in [0.4, 0.5) is 3.89 Å². The van der Waals surface area contributed by atoms with Crippen LogP contribution in [-0.4, -0.2) is 38.0 Å². The van der Waals surface area contributed by atoms with Crippen molar-refractivity contribution >= 4 is 10.4 Å². The maximum absolute atomic E-state index is 12.1. The maximum Gasteiger partial charge on any atom is 0.374 e. The van der Waals surface area contributed by atoms with Crippen molar-refractivity contribution < 1.29 is 17.0 Å². The number of morpholine rings is 1. The molecule has 2 aliphatic heterocycles. The number of halogens is 1. The van der Waals surface area contributed by atoms with E-state index in [0.717, 1.165) is 4.31 Å². The van der Waals surface area contributed by atoms with E-state index >= 15 is 0 Å². The van der Waals surface area contributed by atoms with Gasteiger partial charge in [0.2, 0.25) is 0 Å². The molecule has 0 aromatic carbocycles. The molecule has 4 nitrogen and oxygen atoms in total. The van der Waals surface area contributed by atoms with E-state index in [2.05, 4.69) is 0 Å². The van der Waals surface area contributed by atoms with Crippen molar-refractivity contribution in [2.75, 3.05) is 13.1 Å². The molecule has 0 aliphatic carbocycles. The van der Waals surface area contributed by atoms with Crippen molar-refractivity contribution in [3.05, 3.63) is 0 Å². The van der Waals surface area contributed by atoms with Crippen molar-refractivity contribution in [1.29, 1.82) is 0 Å². The molecule has 0 bridgehead atoms. The van der Waals surface area contributed by atoms with Crippen LogP contribution < -0.4 is 0 Å². The van der Waals surface area contributed by atoms with Gasteiger partial charge in [-0.3, -0.25) is 0 Å². The highest BCUT2D eigenvalue weighted by Crippen LogP contribution is 2.32. The normalized spacial score (nSPS) is 39.7. The first-order chi connectivity index (χ1) is 4.57. The number of fused-ring (bicyclic) bond motifs is 1. The zero-order valence-electron chi connectivity index (χ0n) is 5.03. The fraction of sp³-hybridized carbons (Fsp3) is 1.00. The molecule has 58 valence electrons. The second kappa shape index (κ2) is 1.69. The fourth-order valence-corrected chi connectivity index (χ4v) is 1.80. The van der Waals surface area contributed by atoms with E-state index < -0.39 is 10.4 Å². The minimum atomic E-state index is -4.45. The summed E-state index contributed by atoms with van der Waals surface area (Å²) in [5.41, 5.74) is 0. The SMILES string of the molecule is O=S(=O)(F)N1CC2OC2C1. The molecule has 10 heavy (non-hydrogen) atoms. The Morgan fingerprint density at radius 3 is 2.20 bits per heavy atom. The number of hydrogen-bond donors (Lipinski definition) is 0. The summed E-state index contributed by atoms with van der Waals surface area (Å²) in [4.78, 5) is 0. The van der Waals surface area contributed by atoms with Gasteiger partial charge in [0.15, 0.2) is 0 Å². The standard InChI is InChI=1S/C4H6FNO3S/c5-10(7,8)6-1-3-4(2-6)9-3/h3-4H,1-2H2. The average molecular weight is 167 g/mol. The topological polar surface area (TPSA) is 49.9 Å². The highest BCUT2D eigenvalue weighted by molar-refractivity contribution is 7.84. The Bertz CT molecular complexity index is 241. The Hall–Kier alpha value is -0.200. The van der Waals surface area contributed by atoms with E-state index in [-0.39, 0.29) is 25.3 Å². The zero-order valence-corrected chi connectivity index (χ0v) is 5.84. The Morgan fingerprint density at radius 2 is 1.90 bits per heavy atom. The highest BCUT2D eigenvalue weighted by Gasteiger charge is 2.50. The lowest BCUT2D eigenvalue weighted by Gasteiger charge is -2.09. The summed E-state index contributed by atoms with van der Waals surface area (Å²) in [6, 6.07) is 0. The number of nitrogens with zero attached hydrogens (tertiary/aromatic N) is 1. The van der Waals surface area contributed by atoms with E-state index in [1.165, 1.54) is 0 Å². The highest BCUT2D eigenvalue weighted by atomic mass is 32.3. The van der Waals surface area contributed by atoms with Gasteiger partial charge in [-0.05, 0) is 0 Å². The fourth-order valence-electron chi connectivity index (χ4n) is 1.15. The van der Waals surface area contributed by atoms with E-state index in [1.807, 2.05) is 0 Å². The Labute approximate surface area is 57.9 Å². The average Bonchev–Trinajstić information content (AvgIpc) is 2.38. The van der Waals surface area contributed by atoms with Gasteiger partial charge in [0, 0.05) is 13.1 Å². The van der Waals surface area contributed by atoms with E-state index in [0.29, 0.717) is 0 Å². The van der Waals surface area contributed by atoms with Crippen LogP contribution >= 0.6 is 0 Å². The van der Waals surface area contributed by atoms with Crippen molar-refractivity contribution in [3.63, 3.8) is 0 Å². The van der Waals surface area contributed by atoms with Gasteiger partial charge in [0.05, 0.1) is 12.2 Å². The largest absolute Gasteiger partial charge is 0.374 e. The van der Waals surface area contributed by atoms with Crippen LogP contribution in [0.5, 0.6) is 0 Å². The summed E-state index contributed by atoms with van der Waals surface area (Å²) in [6.07, 6.45) is -0.0731. The molecule has 2 rings (SSSR count). The molecule has 0 spiro atoms. The Kier molecular flexibility index (Phi) is 1.10. The van der Waals surface area contributed by atoms with Gasteiger partial charge in [-0.25, -0.2) is 0 Å². The molecule has 2 atom stereocenters.